The minimum absolute atomic E-state index is 0.0473. The van der Waals surface area contributed by atoms with Crippen molar-refractivity contribution in [3.8, 4) is 11.5 Å². The van der Waals surface area contributed by atoms with Crippen LogP contribution in [0.15, 0.2) is 53.6 Å². The van der Waals surface area contributed by atoms with E-state index < -0.39 is 17.8 Å². The van der Waals surface area contributed by atoms with Crippen LogP contribution < -0.4 is 9.47 Å². The zero-order chi connectivity index (χ0) is 33.9. The molecule has 0 aromatic heterocycles. The van der Waals surface area contributed by atoms with Crippen molar-refractivity contribution in [1.82, 2.24) is 4.90 Å². The SMILES string of the molecule is C=C1/C(=C\C=C2/CCC[C@]3(C)[C@@H]([C@H](C)C[C@H]4C[C@](C)(O)C(=O)N4Cc4cc(OCCC)cc(OCCC)c4)CC[C@@H]23)C[C@@H](O)C[C@@H]1O. The summed E-state index contributed by atoms with van der Waals surface area (Å²) in [6.07, 6.45) is 12.9. The third-order valence-corrected chi connectivity index (χ3v) is 11.7. The standard InChI is InChI=1S/C40H59NO6/c1-7-16-46-33-19-28(20-34(23-33)47-17-8-2)25-41-31(24-40(6,45)38(41)44)18-26(3)35-13-14-36-29(10-9-15-39(35,36)5)11-12-30-21-32(42)22-37(43)27(30)4/h11-12,19-20,23,26,31-32,35-37,42-43,45H,4,7-10,13-18,21-22,24-25H2,1-3,5-6H3/b29-11+,30-12-/t26-,31+,32-,35-,36+,37+,39-,40+/m1/s1. The van der Waals surface area contributed by atoms with Gasteiger partial charge in [-0.1, -0.05) is 52.0 Å². The fraction of sp³-hybridized carbons (Fsp3) is 0.675. The van der Waals surface area contributed by atoms with Crippen LogP contribution in [0.3, 0.4) is 0 Å². The van der Waals surface area contributed by atoms with Crippen molar-refractivity contribution in [2.24, 2.45) is 23.2 Å². The first kappa shape index (κ1) is 35.7. The molecule has 7 heteroatoms. The predicted octanol–water partition coefficient (Wildman–Crippen LogP) is 7.28. The molecule has 3 saturated carbocycles. The number of carbonyl (C=O) groups is 1. The van der Waals surface area contributed by atoms with Gasteiger partial charge in [-0.05, 0) is 117 Å². The zero-order valence-corrected chi connectivity index (χ0v) is 29.5. The number of benzene rings is 1. The van der Waals surface area contributed by atoms with Crippen molar-refractivity contribution in [2.45, 2.75) is 136 Å². The van der Waals surface area contributed by atoms with E-state index in [1.807, 2.05) is 23.1 Å². The number of aliphatic hydroxyl groups excluding tert-OH is 2. The van der Waals surface area contributed by atoms with Crippen molar-refractivity contribution in [1.29, 1.82) is 0 Å². The molecule has 1 aromatic rings. The molecule has 0 bridgehead atoms. The molecule has 3 aliphatic carbocycles. The Bertz CT molecular complexity index is 1320. The monoisotopic (exact) mass is 649 g/mol. The number of hydrogen-bond donors (Lipinski definition) is 3. The first-order valence-corrected chi connectivity index (χ1v) is 18.2. The Kier molecular flexibility index (Phi) is 11.3. The summed E-state index contributed by atoms with van der Waals surface area (Å²) in [5.41, 5.74) is 2.94. The third kappa shape index (κ3) is 7.84. The van der Waals surface area contributed by atoms with E-state index in [0.29, 0.717) is 56.8 Å². The van der Waals surface area contributed by atoms with Gasteiger partial charge in [-0.25, -0.2) is 0 Å². The molecule has 8 atom stereocenters. The number of aliphatic hydroxyl groups is 3. The molecule has 1 amide bonds. The maximum Gasteiger partial charge on any atom is 0.254 e. The molecule has 1 aliphatic heterocycles. The summed E-state index contributed by atoms with van der Waals surface area (Å²) in [7, 11) is 0. The number of hydrogen-bond acceptors (Lipinski definition) is 6. The highest BCUT2D eigenvalue weighted by atomic mass is 16.5. The molecule has 4 fully saturated rings. The minimum atomic E-state index is -1.37. The van der Waals surface area contributed by atoms with Crippen molar-refractivity contribution < 1.29 is 29.6 Å². The summed E-state index contributed by atoms with van der Waals surface area (Å²) >= 11 is 0. The lowest BCUT2D eigenvalue weighted by Crippen LogP contribution is -2.40. The number of carbonyl (C=O) groups excluding carboxylic acids is 1. The Balaban J connectivity index is 1.32. The third-order valence-electron chi connectivity index (χ3n) is 11.7. The van der Waals surface area contributed by atoms with Gasteiger partial charge in [-0.15, -0.1) is 0 Å². The average molecular weight is 650 g/mol. The number of ether oxygens (including phenoxy) is 2. The van der Waals surface area contributed by atoms with Gasteiger partial charge in [0.15, 0.2) is 0 Å². The molecule has 0 radical (unpaired) electrons. The van der Waals surface area contributed by atoms with Crippen LogP contribution in [0.1, 0.15) is 111 Å². The lowest BCUT2D eigenvalue weighted by molar-refractivity contribution is -0.142. The Morgan fingerprint density at radius 2 is 1.74 bits per heavy atom. The van der Waals surface area contributed by atoms with Gasteiger partial charge in [-0.2, -0.15) is 0 Å². The van der Waals surface area contributed by atoms with E-state index in [0.717, 1.165) is 73.2 Å². The molecule has 1 aromatic carbocycles. The fourth-order valence-corrected chi connectivity index (χ4v) is 9.34. The van der Waals surface area contributed by atoms with Crippen LogP contribution in [-0.2, 0) is 11.3 Å². The smallest absolute Gasteiger partial charge is 0.254 e. The first-order chi connectivity index (χ1) is 22.4. The largest absolute Gasteiger partial charge is 0.493 e. The molecular formula is C40H59NO6. The Morgan fingerprint density at radius 3 is 2.40 bits per heavy atom. The molecule has 1 heterocycles. The van der Waals surface area contributed by atoms with Crippen LogP contribution in [0.2, 0.25) is 0 Å². The maximum absolute atomic E-state index is 13.6. The van der Waals surface area contributed by atoms with Gasteiger partial charge in [0.25, 0.3) is 5.91 Å². The van der Waals surface area contributed by atoms with Gasteiger partial charge < -0.3 is 29.7 Å². The predicted molar refractivity (Wildman–Crippen MR) is 186 cm³/mol. The highest BCUT2D eigenvalue weighted by Crippen LogP contribution is 2.60. The van der Waals surface area contributed by atoms with Crippen LogP contribution in [0, 0.1) is 23.2 Å². The second kappa shape index (κ2) is 14.9. The van der Waals surface area contributed by atoms with Crippen molar-refractivity contribution >= 4 is 5.91 Å². The van der Waals surface area contributed by atoms with E-state index in [1.54, 1.807) is 6.92 Å². The van der Waals surface area contributed by atoms with Gasteiger partial charge >= 0.3 is 0 Å². The van der Waals surface area contributed by atoms with E-state index in [-0.39, 0.29) is 17.4 Å². The van der Waals surface area contributed by atoms with E-state index in [1.165, 1.54) is 12.0 Å². The number of amides is 1. The molecular weight excluding hydrogens is 590 g/mol. The fourth-order valence-electron chi connectivity index (χ4n) is 9.34. The van der Waals surface area contributed by atoms with Crippen LogP contribution in [0.4, 0.5) is 0 Å². The van der Waals surface area contributed by atoms with E-state index in [9.17, 15) is 20.1 Å². The zero-order valence-electron chi connectivity index (χ0n) is 29.5. The quantitative estimate of drug-likeness (QED) is 0.220. The van der Waals surface area contributed by atoms with Gasteiger partial charge in [0, 0.05) is 31.5 Å². The molecule has 260 valence electrons. The van der Waals surface area contributed by atoms with Crippen LogP contribution in [0.5, 0.6) is 11.5 Å². The van der Waals surface area contributed by atoms with Gasteiger partial charge in [-0.3, -0.25) is 4.79 Å². The van der Waals surface area contributed by atoms with Gasteiger partial charge in [0.2, 0.25) is 0 Å². The second-order valence-electron chi connectivity index (χ2n) is 15.5. The molecule has 4 aliphatic rings. The number of allylic oxidation sites excluding steroid dienone is 3. The summed E-state index contributed by atoms with van der Waals surface area (Å²) in [6, 6.07) is 5.89. The maximum atomic E-state index is 13.6. The summed E-state index contributed by atoms with van der Waals surface area (Å²) in [5, 5.41) is 31.8. The number of fused-ring (bicyclic) bond motifs is 1. The molecule has 0 unspecified atom stereocenters. The lowest BCUT2D eigenvalue weighted by Gasteiger charge is -2.45. The molecule has 0 spiro atoms. The number of nitrogens with zero attached hydrogens (tertiary/aromatic N) is 1. The molecule has 5 rings (SSSR count). The van der Waals surface area contributed by atoms with Gasteiger partial charge in [0.1, 0.15) is 17.1 Å². The minimum Gasteiger partial charge on any atom is -0.493 e. The molecule has 47 heavy (non-hydrogen) atoms. The molecule has 1 saturated heterocycles. The normalized spacial score (nSPS) is 35.1. The summed E-state index contributed by atoms with van der Waals surface area (Å²) in [6.45, 7) is 16.4. The molecule has 3 N–H and O–H groups in total. The van der Waals surface area contributed by atoms with Gasteiger partial charge in [0.05, 0.1) is 25.4 Å². The van der Waals surface area contributed by atoms with E-state index in [2.05, 4.69) is 46.4 Å². The Hall–Kier alpha value is -2.61. The second-order valence-corrected chi connectivity index (χ2v) is 15.5. The first-order valence-electron chi connectivity index (χ1n) is 18.2. The van der Waals surface area contributed by atoms with E-state index in [4.69, 9.17) is 9.47 Å². The Labute approximate surface area is 282 Å². The number of rotatable bonds is 12. The molecule has 7 nitrogen and oxygen atoms in total. The summed E-state index contributed by atoms with van der Waals surface area (Å²) in [5.74, 6) is 2.73. The highest BCUT2D eigenvalue weighted by Gasteiger charge is 2.53. The number of likely N-dealkylation sites (tertiary alicyclic amines) is 1. The van der Waals surface area contributed by atoms with Crippen LogP contribution >= 0.6 is 0 Å². The summed E-state index contributed by atoms with van der Waals surface area (Å²) in [4.78, 5) is 15.5. The van der Waals surface area contributed by atoms with Crippen molar-refractivity contribution in [3.63, 3.8) is 0 Å². The Morgan fingerprint density at radius 1 is 1.06 bits per heavy atom. The highest BCUT2D eigenvalue weighted by molar-refractivity contribution is 5.87. The van der Waals surface area contributed by atoms with Crippen LogP contribution in [0.25, 0.3) is 0 Å². The van der Waals surface area contributed by atoms with E-state index >= 15 is 0 Å². The average Bonchev–Trinajstić information content (AvgIpc) is 3.48. The van der Waals surface area contributed by atoms with Crippen LogP contribution in [-0.4, -0.2) is 63.2 Å². The van der Waals surface area contributed by atoms with Crippen molar-refractivity contribution in [2.75, 3.05) is 13.2 Å². The lowest BCUT2D eigenvalue weighted by atomic mass is 9.60. The van der Waals surface area contributed by atoms with Crippen molar-refractivity contribution in [3.05, 3.63) is 59.2 Å². The topological polar surface area (TPSA) is 99.5 Å². The summed E-state index contributed by atoms with van der Waals surface area (Å²) < 4.78 is 12.0.